The molecule has 1 amide bonds. The number of ether oxygens (including phenoxy) is 1. The standard InChI is InChI=1S/C16H17ClN2O5S/c1-16(23,15(21)22)9-18-13(20)6-11-8-25-14(19-11)7-24-12-4-2-10(17)3-5-12/h2-5,8,23H,6-7,9H2,1H3,(H,18,20)(H,21,22). The van der Waals surface area contributed by atoms with E-state index in [1.807, 2.05) is 0 Å². The minimum atomic E-state index is -2.00. The zero-order valence-corrected chi connectivity index (χ0v) is 14.9. The monoisotopic (exact) mass is 384 g/mol. The Morgan fingerprint density at radius 2 is 2.04 bits per heavy atom. The van der Waals surface area contributed by atoms with Crippen molar-refractivity contribution in [2.75, 3.05) is 6.54 Å². The van der Waals surface area contributed by atoms with E-state index in [1.165, 1.54) is 11.3 Å². The van der Waals surface area contributed by atoms with Gasteiger partial charge in [-0.05, 0) is 31.2 Å². The molecule has 0 aliphatic carbocycles. The van der Waals surface area contributed by atoms with Gasteiger partial charge in [0, 0.05) is 10.4 Å². The molecule has 1 atom stereocenters. The van der Waals surface area contributed by atoms with Crippen LogP contribution in [-0.4, -0.2) is 39.2 Å². The Hall–Kier alpha value is -2.16. The second kappa shape index (κ2) is 8.28. The largest absolute Gasteiger partial charge is 0.486 e. The molecule has 1 aromatic carbocycles. The summed E-state index contributed by atoms with van der Waals surface area (Å²) in [6, 6.07) is 6.94. The highest BCUT2D eigenvalue weighted by molar-refractivity contribution is 7.09. The summed E-state index contributed by atoms with van der Waals surface area (Å²) in [4.78, 5) is 26.9. The second-order valence-corrected chi connectivity index (χ2v) is 6.89. The number of rotatable bonds is 8. The number of aliphatic carboxylic acids is 1. The van der Waals surface area contributed by atoms with Crippen molar-refractivity contribution in [3.8, 4) is 5.75 Å². The highest BCUT2D eigenvalue weighted by atomic mass is 35.5. The molecule has 134 valence electrons. The van der Waals surface area contributed by atoms with Crippen LogP contribution in [0.2, 0.25) is 5.02 Å². The van der Waals surface area contributed by atoms with E-state index in [0.29, 0.717) is 21.5 Å². The molecule has 1 aromatic heterocycles. The van der Waals surface area contributed by atoms with E-state index in [4.69, 9.17) is 21.4 Å². The fraction of sp³-hybridized carbons (Fsp3) is 0.312. The van der Waals surface area contributed by atoms with Crippen molar-refractivity contribution in [1.29, 1.82) is 0 Å². The number of carboxylic acid groups (broad SMARTS) is 1. The van der Waals surface area contributed by atoms with E-state index in [-0.39, 0.29) is 19.6 Å². The fourth-order valence-corrected chi connectivity index (χ4v) is 2.58. The van der Waals surface area contributed by atoms with Gasteiger partial charge in [0.2, 0.25) is 5.91 Å². The lowest BCUT2D eigenvalue weighted by atomic mass is 10.1. The molecule has 0 radical (unpaired) electrons. The smallest absolute Gasteiger partial charge is 0.337 e. The molecule has 2 aromatic rings. The third-order valence-electron chi connectivity index (χ3n) is 3.21. The first kappa shape index (κ1) is 19.2. The zero-order valence-electron chi connectivity index (χ0n) is 13.4. The predicted octanol–water partition coefficient (Wildman–Crippen LogP) is 1.87. The summed E-state index contributed by atoms with van der Waals surface area (Å²) < 4.78 is 5.57. The van der Waals surface area contributed by atoms with Crippen LogP contribution in [-0.2, 0) is 22.6 Å². The molecule has 0 saturated carbocycles. The maximum Gasteiger partial charge on any atom is 0.337 e. The van der Waals surface area contributed by atoms with Gasteiger partial charge in [-0.15, -0.1) is 11.3 Å². The molecule has 0 spiro atoms. The van der Waals surface area contributed by atoms with Crippen molar-refractivity contribution in [2.24, 2.45) is 0 Å². The Labute approximate surface area is 153 Å². The van der Waals surface area contributed by atoms with Crippen molar-refractivity contribution in [3.63, 3.8) is 0 Å². The summed E-state index contributed by atoms with van der Waals surface area (Å²) in [6.07, 6.45) is -0.00680. The lowest BCUT2D eigenvalue weighted by Gasteiger charge is -2.17. The first-order valence-corrected chi connectivity index (χ1v) is 8.56. The van der Waals surface area contributed by atoms with Crippen LogP contribution < -0.4 is 10.1 Å². The first-order chi connectivity index (χ1) is 11.8. The summed E-state index contributed by atoms with van der Waals surface area (Å²) in [5.41, 5.74) is -1.46. The number of aliphatic hydroxyl groups is 1. The normalized spacial score (nSPS) is 13.1. The van der Waals surface area contributed by atoms with Crippen LogP contribution in [0, 0.1) is 0 Å². The quantitative estimate of drug-likeness (QED) is 0.641. The molecule has 0 aliphatic rings. The van der Waals surface area contributed by atoms with Gasteiger partial charge in [-0.1, -0.05) is 11.6 Å². The average molecular weight is 385 g/mol. The summed E-state index contributed by atoms with van der Waals surface area (Å²) in [7, 11) is 0. The maximum absolute atomic E-state index is 11.8. The van der Waals surface area contributed by atoms with Crippen molar-refractivity contribution in [1.82, 2.24) is 10.3 Å². The molecule has 1 unspecified atom stereocenters. The van der Waals surface area contributed by atoms with E-state index < -0.39 is 17.5 Å². The second-order valence-electron chi connectivity index (χ2n) is 5.51. The van der Waals surface area contributed by atoms with Gasteiger partial charge >= 0.3 is 5.97 Å². The Kier molecular flexibility index (Phi) is 6.35. The van der Waals surface area contributed by atoms with Crippen LogP contribution >= 0.6 is 22.9 Å². The minimum Gasteiger partial charge on any atom is -0.486 e. The number of carbonyl (C=O) groups excluding carboxylic acids is 1. The maximum atomic E-state index is 11.8. The van der Waals surface area contributed by atoms with Crippen LogP contribution in [0.25, 0.3) is 0 Å². The molecule has 1 heterocycles. The number of carboxylic acids is 1. The number of aromatic nitrogens is 1. The van der Waals surface area contributed by atoms with E-state index in [0.717, 1.165) is 6.92 Å². The summed E-state index contributed by atoms with van der Waals surface area (Å²) >= 11 is 7.16. The average Bonchev–Trinajstić information content (AvgIpc) is 3.00. The van der Waals surface area contributed by atoms with Gasteiger partial charge in [-0.3, -0.25) is 4.79 Å². The number of halogens is 1. The van der Waals surface area contributed by atoms with E-state index >= 15 is 0 Å². The Balaban J connectivity index is 1.81. The summed E-state index contributed by atoms with van der Waals surface area (Å²) in [5, 5.41) is 23.8. The van der Waals surface area contributed by atoms with Gasteiger partial charge in [-0.2, -0.15) is 0 Å². The van der Waals surface area contributed by atoms with Gasteiger partial charge in [0.15, 0.2) is 5.60 Å². The Morgan fingerprint density at radius 3 is 2.68 bits per heavy atom. The lowest BCUT2D eigenvalue weighted by molar-refractivity contribution is -0.156. The van der Waals surface area contributed by atoms with Crippen molar-refractivity contribution in [3.05, 3.63) is 45.4 Å². The first-order valence-electron chi connectivity index (χ1n) is 7.30. The van der Waals surface area contributed by atoms with Gasteiger partial charge < -0.3 is 20.3 Å². The SMILES string of the molecule is CC(O)(CNC(=O)Cc1csc(COc2ccc(Cl)cc2)n1)C(=O)O. The van der Waals surface area contributed by atoms with Gasteiger partial charge in [0.1, 0.15) is 17.4 Å². The molecule has 9 heteroatoms. The summed E-state index contributed by atoms with van der Waals surface area (Å²) in [5.74, 6) is -1.16. The third-order valence-corrected chi connectivity index (χ3v) is 4.33. The number of hydrogen-bond acceptors (Lipinski definition) is 6. The van der Waals surface area contributed by atoms with Gasteiger partial charge in [-0.25, -0.2) is 9.78 Å². The fourth-order valence-electron chi connectivity index (χ4n) is 1.75. The van der Waals surface area contributed by atoms with Crippen molar-refractivity contribution in [2.45, 2.75) is 25.6 Å². The molecule has 0 bridgehead atoms. The Bertz CT molecular complexity index is 745. The molecule has 0 fully saturated rings. The van der Waals surface area contributed by atoms with Crippen LogP contribution in [0.4, 0.5) is 0 Å². The number of amides is 1. The zero-order chi connectivity index (χ0) is 18.4. The number of nitrogens with one attached hydrogen (secondary N) is 1. The highest BCUT2D eigenvalue weighted by Crippen LogP contribution is 2.18. The third kappa shape index (κ3) is 6.00. The number of carbonyl (C=O) groups is 2. The number of hydrogen-bond donors (Lipinski definition) is 3. The van der Waals surface area contributed by atoms with Crippen LogP contribution in [0.15, 0.2) is 29.6 Å². The Morgan fingerprint density at radius 1 is 1.36 bits per heavy atom. The van der Waals surface area contributed by atoms with Crippen molar-refractivity contribution < 1.29 is 24.5 Å². The molecular formula is C16H17ClN2O5S. The molecule has 0 aliphatic heterocycles. The number of benzene rings is 1. The van der Waals surface area contributed by atoms with Gasteiger partial charge in [0.25, 0.3) is 0 Å². The van der Waals surface area contributed by atoms with Crippen LogP contribution in [0.1, 0.15) is 17.6 Å². The topological polar surface area (TPSA) is 109 Å². The number of thiazole rings is 1. The molecular weight excluding hydrogens is 368 g/mol. The van der Waals surface area contributed by atoms with Gasteiger partial charge in [0.05, 0.1) is 18.7 Å². The molecule has 2 rings (SSSR count). The molecule has 7 nitrogen and oxygen atoms in total. The number of nitrogens with zero attached hydrogens (tertiary/aromatic N) is 1. The molecule has 3 N–H and O–H groups in total. The molecule has 0 saturated heterocycles. The predicted molar refractivity (Wildman–Crippen MR) is 92.9 cm³/mol. The van der Waals surface area contributed by atoms with E-state index in [9.17, 15) is 14.7 Å². The van der Waals surface area contributed by atoms with E-state index in [2.05, 4.69) is 10.3 Å². The van der Waals surface area contributed by atoms with E-state index in [1.54, 1.807) is 29.6 Å². The lowest BCUT2D eigenvalue weighted by Crippen LogP contribution is -2.46. The van der Waals surface area contributed by atoms with Crippen LogP contribution in [0.5, 0.6) is 5.75 Å². The minimum absolute atomic E-state index is 0.00680. The van der Waals surface area contributed by atoms with Crippen LogP contribution in [0.3, 0.4) is 0 Å². The summed E-state index contributed by atoms with van der Waals surface area (Å²) in [6.45, 7) is 1.00. The molecule has 25 heavy (non-hydrogen) atoms. The van der Waals surface area contributed by atoms with Crippen molar-refractivity contribution >= 4 is 34.8 Å². The highest BCUT2D eigenvalue weighted by Gasteiger charge is 2.30.